The average Bonchev–Trinajstić information content (AvgIpc) is 3.61. The van der Waals surface area contributed by atoms with E-state index in [9.17, 15) is 38.2 Å². The molecule has 0 aromatic heterocycles. The van der Waals surface area contributed by atoms with Gasteiger partial charge >= 0.3 is 10.4 Å². The summed E-state index contributed by atoms with van der Waals surface area (Å²) in [5, 5.41) is 45.4. The first-order valence-corrected chi connectivity index (χ1v) is 38.1. The third kappa shape index (κ3) is 53.0. The smallest absolute Gasteiger partial charge is 0.394 e. The molecule has 0 aliphatic carbocycles. The highest BCUT2D eigenvalue weighted by Crippen LogP contribution is 2.27. The molecule has 1 aliphatic rings. The fourth-order valence-corrected chi connectivity index (χ4v) is 12.7. The van der Waals surface area contributed by atoms with Gasteiger partial charge in [-0.3, -0.25) is 9.35 Å². The molecule has 85 heavy (non-hydrogen) atoms. The Balaban J connectivity index is 2.21. The number of allylic oxidation sites excluding steroid dienone is 4. The SMILES string of the molecule is CCCCCCCCCCC/C=C\C/C=C\CCCCCCCCCCCCCCCCCCCC(=O)NC(COC1OC(CO)C(O)C(OS(=O)(=O)O)C1O)C(O)CCCCCCCCCCCCCCCCCCCCCCCCCCC. The highest BCUT2D eigenvalue weighted by Gasteiger charge is 2.48. The van der Waals surface area contributed by atoms with Crippen LogP contribution in [-0.4, -0.2) is 95.4 Å². The Morgan fingerprint density at radius 3 is 1.12 bits per heavy atom. The lowest BCUT2D eigenvalue weighted by Gasteiger charge is -2.41. The lowest BCUT2D eigenvalue weighted by Crippen LogP contribution is -2.61. The molecule has 12 nitrogen and oxygen atoms in total. The second kappa shape index (κ2) is 61.4. The van der Waals surface area contributed by atoms with Gasteiger partial charge in [0.05, 0.1) is 25.4 Å². The zero-order chi connectivity index (χ0) is 61.8. The van der Waals surface area contributed by atoms with Crippen molar-refractivity contribution in [1.82, 2.24) is 5.32 Å². The molecule has 0 aromatic rings. The van der Waals surface area contributed by atoms with Crippen molar-refractivity contribution in [2.24, 2.45) is 0 Å². The van der Waals surface area contributed by atoms with Crippen LogP contribution < -0.4 is 5.32 Å². The quantitative estimate of drug-likeness (QED) is 0.0193. The Bertz CT molecular complexity index is 1580. The maximum absolute atomic E-state index is 13.2. The molecule has 7 unspecified atom stereocenters. The van der Waals surface area contributed by atoms with Crippen molar-refractivity contribution in [1.29, 1.82) is 0 Å². The Labute approximate surface area is 524 Å². The molecule has 504 valence electrons. The van der Waals surface area contributed by atoms with Crippen molar-refractivity contribution in [3.05, 3.63) is 24.3 Å². The Kier molecular flexibility index (Phi) is 59.0. The van der Waals surface area contributed by atoms with Gasteiger partial charge < -0.3 is 35.2 Å². The molecule has 7 atom stereocenters. The van der Waals surface area contributed by atoms with Gasteiger partial charge in [-0.15, -0.1) is 0 Å². The third-order valence-corrected chi connectivity index (χ3v) is 18.2. The standard InChI is InChI=1S/C72H139NO11S/c1-3-5-7-9-11-13-15-17-19-21-23-25-27-29-30-31-32-33-34-35-36-38-40-42-44-46-48-50-52-54-56-58-60-62-68(76)73-65(64-82-72-70(78)71(84-85(79,80)81)69(77)67(63-74)83-72)66(75)61-59-57-55-53-51-49-47-45-43-41-39-37-28-26-24-22-20-18-16-14-12-10-8-6-4-2/h23,25,29-30,65-67,69-72,74-75,77-78H,3-22,24,26-28,31-64H2,1-2H3,(H,73,76)(H,79,80,81)/b25-23-,30-29-. The topological polar surface area (TPSA) is 192 Å². The highest BCUT2D eigenvalue weighted by molar-refractivity contribution is 7.80. The molecule has 0 saturated carbocycles. The van der Waals surface area contributed by atoms with Crippen LogP contribution in [0.5, 0.6) is 0 Å². The van der Waals surface area contributed by atoms with Crippen molar-refractivity contribution in [2.75, 3.05) is 13.2 Å². The van der Waals surface area contributed by atoms with Crippen LogP contribution in [0.2, 0.25) is 0 Å². The van der Waals surface area contributed by atoms with Gasteiger partial charge in [-0.2, -0.15) is 8.42 Å². The Morgan fingerprint density at radius 2 is 0.788 bits per heavy atom. The summed E-state index contributed by atoms with van der Waals surface area (Å²) in [5.74, 6) is -0.222. The fourth-order valence-electron chi connectivity index (χ4n) is 12.1. The van der Waals surface area contributed by atoms with E-state index in [-0.39, 0.29) is 12.5 Å². The number of hydrogen-bond donors (Lipinski definition) is 6. The van der Waals surface area contributed by atoms with Crippen LogP contribution in [0.3, 0.4) is 0 Å². The fraction of sp³-hybridized carbons (Fsp3) is 0.931. The molecule has 0 radical (unpaired) electrons. The molecule has 1 amide bonds. The van der Waals surface area contributed by atoms with Gasteiger partial charge in [-0.1, -0.05) is 346 Å². The van der Waals surface area contributed by atoms with E-state index in [0.29, 0.717) is 12.8 Å². The summed E-state index contributed by atoms with van der Waals surface area (Å²) in [5.41, 5.74) is 0. The van der Waals surface area contributed by atoms with Crippen molar-refractivity contribution in [2.45, 2.75) is 416 Å². The molecule has 0 bridgehead atoms. The largest absolute Gasteiger partial charge is 0.397 e. The van der Waals surface area contributed by atoms with E-state index >= 15 is 0 Å². The lowest BCUT2D eigenvalue weighted by atomic mass is 9.99. The van der Waals surface area contributed by atoms with Crippen molar-refractivity contribution >= 4 is 16.3 Å². The molecule has 1 rings (SSSR count). The number of carbonyl (C=O) groups excluding carboxylic acids is 1. The minimum absolute atomic E-state index is 0.222. The van der Waals surface area contributed by atoms with E-state index < -0.39 is 59.9 Å². The zero-order valence-corrected chi connectivity index (χ0v) is 56.3. The molecule has 1 aliphatic heterocycles. The monoisotopic (exact) mass is 1230 g/mol. The van der Waals surface area contributed by atoms with E-state index in [4.69, 9.17) is 9.47 Å². The van der Waals surface area contributed by atoms with Gasteiger partial charge in [0.2, 0.25) is 5.91 Å². The van der Waals surface area contributed by atoms with Gasteiger partial charge in [-0.05, 0) is 44.9 Å². The number of aliphatic hydroxyl groups is 4. The maximum Gasteiger partial charge on any atom is 0.397 e. The molecule has 13 heteroatoms. The molecular formula is C72H139NO11S. The van der Waals surface area contributed by atoms with Crippen molar-refractivity contribution in [3.63, 3.8) is 0 Å². The molecule has 1 saturated heterocycles. The number of ether oxygens (including phenoxy) is 2. The van der Waals surface area contributed by atoms with Crippen LogP contribution in [0.25, 0.3) is 0 Å². The summed E-state index contributed by atoms with van der Waals surface area (Å²) in [6.07, 6.45) is 70.8. The Hall–Kier alpha value is -1.42. The molecule has 1 fully saturated rings. The van der Waals surface area contributed by atoms with Gasteiger partial charge in [0.15, 0.2) is 6.29 Å². The second-order valence-electron chi connectivity index (χ2n) is 25.9. The van der Waals surface area contributed by atoms with E-state index in [1.165, 1.54) is 289 Å². The van der Waals surface area contributed by atoms with Crippen LogP contribution in [-0.2, 0) is 28.9 Å². The van der Waals surface area contributed by atoms with Crippen LogP contribution in [0.1, 0.15) is 373 Å². The van der Waals surface area contributed by atoms with Crippen LogP contribution in [0.4, 0.5) is 0 Å². The maximum atomic E-state index is 13.2. The molecule has 0 aromatic carbocycles. The Morgan fingerprint density at radius 1 is 0.471 bits per heavy atom. The number of carbonyl (C=O) groups is 1. The van der Waals surface area contributed by atoms with Gasteiger partial charge in [0.1, 0.15) is 24.4 Å². The van der Waals surface area contributed by atoms with Gasteiger partial charge in [0.25, 0.3) is 0 Å². The van der Waals surface area contributed by atoms with Crippen molar-refractivity contribution < 1.29 is 51.8 Å². The number of nitrogens with one attached hydrogen (secondary N) is 1. The van der Waals surface area contributed by atoms with Gasteiger partial charge in [0, 0.05) is 6.42 Å². The summed E-state index contributed by atoms with van der Waals surface area (Å²) < 4.78 is 48.2. The number of rotatable bonds is 66. The molecular weight excluding hydrogens is 1090 g/mol. The first kappa shape index (κ1) is 81.6. The minimum Gasteiger partial charge on any atom is -0.394 e. The molecule has 6 N–H and O–H groups in total. The summed E-state index contributed by atoms with van der Waals surface area (Å²) >= 11 is 0. The van der Waals surface area contributed by atoms with Crippen LogP contribution in [0.15, 0.2) is 24.3 Å². The number of amides is 1. The minimum atomic E-state index is -5.09. The third-order valence-electron chi connectivity index (χ3n) is 17.8. The first-order chi connectivity index (χ1) is 41.5. The number of aliphatic hydroxyl groups excluding tert-OH is 4. The zero-order valence-electron chi connectivity index (χ0n) is 55.5. The summed E-state index contributed by atoms with van der Waals surface area (Å²) in [7, 11) is -5.09. The lowest BCUT2D eigenvalue weighted by molar-refractivity contribution is -0.298. The van der Waals surface area contributed by atoms with Crippen LogP contribution in [0, 0.1) is 0 Å². The second-order valence-corrected chi connectivity index (χ2v) is 26.9. The highest BCUT2D eigenvalue weighted by atomic mass is 32.3. The summed E-state index contributed by atoms with van der Waals surface area (Å²) in [6.45, 7) is 3.52. The van der Waals surface area contributed by atoms with E-state index in [0.717, 1.165) is 57.8 Å². The van der Waals surface area contributed by atoms with Gasteiger partial charge in [-0.25, -0.2) is 4.18 Å². The molecule has 0 spiro atoms. The molecule has 1 heterocycles. The van der Waals surface area contributed by atoms with Crippen LogP contribution >= 0.6 is 0 Å². The van der Waals surface area contributed by atoms with Crippen molar-refractivity contribution in [3.8, 4) is 0 Å². The number of unbranched alkanes of at least 4 members (excludes halogenated alkanes) is 50. The summed E-state index contributed by atoms with van der Waals surface area (Å²) in [6, 6.07) is -0.859. The number of hydrogen-bond acceptors (Lipinski definition) is 10. The first-order valence-electron chi connectivity index (χ1n) is 36.7. The van der Waals surface area contributed by atoms with E-state index in [1.807, 2.05) is 0 Å². The predicted molar refractivity (Wildman–Crippen MR) is 356 cm³/mol. The normalized spacial score (nSPS) is 18.3. The van der Waals surface area contributed by atoms with E-state index in [2.05, 4.69) is 47.7 Å². The predicted octanol–water partition coefficient (Wildman–Crippen LogP) is 19.5. The average molecular weight is 1230 g/mol. The summed E-state index contributed by atoms with van der Waals surface area (Å²) in [4.78, 5) is 13.2. The van der Waals surface area contributed by atoms with E-state index in [1.54, 1.807) is 0 Å².